The van der Waals surface area contributed by atoms with Gasteiger partial charge < -0.3 is 5.32 Å². The minimum Gasteiger partial charge on any atom is -0.316 e. The number of halogens is 2. The maximum atomic E-state index is 12.8. The van der Waals surface area contributed by atoms with Crippen LogP contribution < -0.4 is 5.32 Å². The molecule has 0 unspecified atom stereocenters. The van der Waals surface area contributed by atoms with E-state index in [0.29, 0.717) is 11.0 Å². The van der Waals surface area contributed by atoms with Gasteiger partial charge >= 0.3 is 0 Å². The van der Waals surface area contributed by atoms with Crippen molar-refractivity contribution in [2.45, 2.75) is 6.54 Å². The fourth-order valence-corrected chi connectivity index (χ4v) is 1.10. The summed E-state index contributed by atoms with van der Waals surface area (Å²) in [7, 11) is 1.83. The third kappa shape index (κ3) is 2.27. The Bertz CT molecular complexity index is 250. The molecule has 60 valence electrons. The molecule has 11 heavy (non-hydrogen) atoms. The van der Waals surface area contributed by atoms with Crippen molar-refractivity contribution in [2.75, 3.05) is 7.05 Å². The molecule has 0 amide bonds. The number of rotatable bonds is 2. The molecule has 0 aliphatic rings. The van der Waals surface area contributed by atoms with Crippen molar-refractivity contribution in [1.82, 2.24) is 5.32 Å². The van der Waals surface area contributed by atoms with E-state index in [1.807, 2.05) is 13.1 Å². The van der Waals surface area contributed by atoms with Gasteiger partial charge in [0.2, 0.25) is 0 Å². The molecule has 0 atom stereocenters. The quantitative estimate of drug-likeness (QED) is 0.803. The summed E-state index contributed by atoms with van der Waals surface area (Å²) in [6.07, 6.45) is 0. The monoisotopic (exact) mass is 217 g/mol. The van der Waals surface area contributed by atoms with E-state index in [1.165, 1.54) is 6.07 Å². The molecular formula is C8H9BrFN. The number of hydrogen-bond donors (Lipinski definition) is 1. The van der Waals surface area contributed by atoms with E-state index >= 15 is 0 Å². The summed E-state index contributed by atoms with van der Waals surface area (Å²) < 4.78 is 13.3. The number of nitrogens with one attached hydrogen (secondary N) is 1. The average Bonchev–Trinajstić information content (AvgIpc) is 1.98. The van der Waals surface area contributed by atoms with Gasteiger partial charge in [-0.25, -0.2) is 4.39 Å². The van der Waals surface area contributed by atoms with Crippen LogP contribution in [-0.2, 0) is 6.54 Å². The third-order valence-corrected chi connectivity index (χ3v) is 2.01. The summed E-state index contributed by atoms with van der Waals surface area (Å²) in [5, 5.41) is 2.95. The van der Waals surface area contributed by atoms with Crippen molar-refractivity contribution in [2.24, 2.45) is 0 Å². The lowest BCUT2D eigenvalue weighted by Gasteiger charge is -2.00. The lowest BCUT2D eigenvalue weighted by Crippen LogP contribution is -2.04. The molecule has 0 radical (unpaired) electrons. The van der Waals surface area contributed by atoms with Crippen LogP contribution in [0.25, 0.3) is 0 Å². The first-order chi connectivity index (χ1) is 5.24. The molecule has 1 N–H and O–H groups in total. The van der Waals surface area contributed by atoms with E-state index in [0.717, 1.165) is 5.56 Å². The first-order valence-corrected chi connectivity index (χ1v) is 4.12. The van der Waals surface area contributed by atoms with Crippen molar-refractivity contribution in [1.29, 1.82) is 0 Å². The Kier molecular flexibility index (Phi) is 3.02. The van der Waals surface area contributed by atoms with Crippen molar-refractivity contribution in [3.63, 3.8) is 0 Å². The highest BCUT2D eigenvalue weighted by molar-refractivity contribution is 9.10. The second-order valence-electron chi connectivity index (χ2n) is 2.28. The summed E-state index contributed by atoms with van der Waals surface area (Å²) in [6, 6.07) is 5.10. The summed E-state index contributed by atoms with van der Waals surface area (Å²) in [5.41, 5.74) is 0.952. The predicted molar refractivity (Wildman–Crippen MR) is 46.9 cm³/mol. The predicted octanol–water partition coefficient (Wildman–Crippen LogP) is 2.31. The Morgan fingerprint density at radius 1 is 1.55 bits per heavy atom. The van der Waals surface area contributed by atoms with Gasteiger partial charge in [-0.3, -0.25) is 0 Å². The Balaban J connectivity index is 2.86. The molecule has 0 fully saturated rings. The maximum absolute atomic E-state index is 12.8. The maximum Gasteiger partial charge on any atom is 0.137 e. The van der Waals surface area contributed by atoms with Gasteiger partial charge in [0.15, 0.2) is 0 Å². The van der Waals surface area contributed by atoms with E-state index < -0.39 is 0 Å². The molecular weight excluding hydrogens is 209 g/mol. The summed E-state index contributed by atoms with van der Waals surface area (Å²) in [5.74, 6) is -0.210. The van der Waals surface area contributed by atoms with Gasteiger partial charge in [0, 0.05) is 6.54 Å². The molecule has 0 heterocycles. The molecule has 0 bridgehead atoms. The zero-order valence-electron chi connectivity index (χ0n) is 6.20. The lowest BCUT2D eigenvalue weighted by atomic mass is 10.2. The first kappa shape index (κ1) is 8.68. The van der Waals surface area contributed by atoms with Crippen molar-refractivity contribution >= 4 is 15.9 Å². The molecule has 0 aliphatic heterocycles. The topological polar surface area (TPSA) is 12.0 Å². The smallest absolute Gasteiger partial charge is 0.137 e. The number of hydrogen-bond acceptors (Lipinski definition) is 1. The minimum absolute atomic E-state index is 0.210. The van der Waals surface area contributed by atoms with Gasteiger partial charge in [0.25, 0.3) is 0 Å². The van der Waals surface area contributed by atoms with Gasteiger partial charge in [-0.2, -0.15) is 0 Å². The van der Waals surface area contributed by atoms with E-state index in [9.17, 15) is 4.39 Å². The van der Waals surface area contributed by atoms with Crippen LogP contribution in [-0.4, -0.2) is 7.05 Å². The molecule has 1 aromatic rings. The van der Waals surface area contributed by atoms with E-state index in [2.05, 4.69) is 21.2 Å². The highest BCUT2D eigenvalue weighted by atomic mass is 79.9. The molecule has 1 rings (SSSR count). The second-order valence-corrected chi connectivity index (χ2v) is 3.13. The van der Waals surface area contributed by atoms with Gasteiger partial charge in [-0.15, -0.1) is 0 Å². The Hall–Kier alpha value is -0.410. The second kappa shape index (κ2) is 3.83. The van der Waals surface area contributed by atoms with Gasteiger partial charge in [0.1, 0.15) is 5.82 Å². The SMILES string of the molecule is CNCc1ccc(Br)c(F)c1. The van der Waals surface area contributed by atoms with Crippen molar-refractivity contribution in [3.8, 4) is 0 Å². The Morgan fingerprint density at radius 2 is 2.27 bits per heavy atom. The lowest BCUT2D eigenvalue weighted by molar-refractivity contribution is 0.617. The summed E-state index contributed by atoms with van der Waals surface area (Å²) in [4.78, 5) is 0. The molecule has 3 heteroatoms. The zero-order chi connectivity index (χ0) is 8.27. The normalized spacial score (nSPS) is 10.1. The molecule has 1 nitrogen and oxygen atoms in total. The van der Waals surface area contributed by atoms with E-state index in [4.69, 9.17) is 0 Å². The molecule has 0 saturated carbocycles. The van der Waals surface area contributed by atoms with Crippen LogP contribution in [0.3, 0.4) is 0 Å². The van der Waals surface area contributed by atoms with Crippen LogP contribution in [0.2, 0.25) is 0 Å². The van der Waals surface area contributed by atoms with Crippen LogP contribution in [0.1, 0.15) is 5.56 Å². The van der Waals surface area contributed by atoms with Crippen LogP contribution in [0, 0.1) is 5.82 Å². The Morgan fingerprint density at radius 3 is 2.82 bits per heavy atom. The van der Waals surface area contributed by atoms with Crippen LogP contribution in [0.15, 0.2) is 22.7 Å². The molecule has 0 aliphatic carbocycles. The Labute approximate surface area is 73.7 Å². The largest absolute Gasteiger partial charge is 0.316 e. The van der Waals surface area contributed by atoms with Gasteiger partial charge in [-0.1, -0.05) is 6.07 Å². The molecule has 0 aromatic heterocycles. The van der Waals surface area contributed by atoms with Crippen molar-refractivity contribution in [3.05, 3.63) is 34.1 Å². The van der Waals surface area contributed by atoms with Crippen LogP contribution >= 0.6 is 15.9 Å². The molecule has 0 spiro atoms. The average molecular weight is 218 g/mol. The van der Waals surface area contributed by atoms with Crippen molar-refractivity contribution < 1.29 is 4.39 Å². The minimum atomic E-state index is -0.210. The van der Waals surface area contributed by atoms with Crippen LogP contribution in [0.5, 0.6) is 0 Å². The van der Waals surface area contributed by atoms with Crippen LogP contribution in [0.4, 0.5) is 4.39 Å². The first-order valence-electron chi connectivity index (χ1n) is 3.32. The van der Waals surface area contributed by atoms with Gasteiger partial charge in [0.05, 0.1) is 4.47 Å². The fraction of sp³-hybridized carbons (Fsp3) is 0.250. The highest BCUT2D eigenvalue weighted by Crippen LogP contribution is 2.15. The fourth-order valence-electron chi connectivity index (χ4n) is 0.854. The summed E-state index contributed by atoms with van der Waals surface area (Å²) >= 11 is 3.09. The number of benzene rings is 1. The van der Waals surface area contributed by atoms with E-state index in [1.54, 1.807) is 6.07 Å². The van der Waals surface area contributed by atoms with Gasteiger partial charge in [-0.05, 0) is 40.7 Å². The summed E-state index contributed by atoms with van der Waals surface area (Å²) in [6.45, 7) is 0.699. The standard InChI is InChI=1S/C8H9BrFN/c1-11-5-6-2-3-7(9)8(10)4-6/h2-4,11H,5H2,1H3. The zero-order valence-corrected chi connectivity index (χ0v) is 7.78. The highest BCUT2D eigenvalue weighted by Gasteiger charge is 1.98. The third-order valence-electron chi connectivity index (χ3n) is 1.36. The molecule has 0 saturated heterocycles. The molecule has 1 aromatic carbocycles. The van der Waals surface area contributed by atoms with E-state index in [-0.39, 0.29) is 5.82 Å².